The van der Waals surface area contributed by atoms with E-state index >= 15 is 0 Å². The Morgan fingerprint density at radius 2 is 1.85 bits per heavy atom. The molecule has 1 aliphatic rings. The number of allylic oxidation sites excluding steroid dienone is 2. The number of hydrogen-bond acceptors (Lipinski definition) is 3. The summed E-state index contributed by atoms with van der Waals surface area (Å²) in [4.78, 5) is 22.2. The van der Waals surface area contributed by atoms with E-state index < -0.39 is 16.8 Å². The number of carboxylic acid groups (broad SMARTS) is 1. The number of carboxylic acids is 1. The Labute approximate surface area is 117 Å². The highest BCUT2D eigenvalue weighted by molar-refractivity contribution is 5.73. The molecule has 0 aromatic heterocycles. The van der Waals surface area contributed by atoms with Crippen LogP contribution in [0, 0.1) is 16.0 Å². The SMILES string of the molecule is CC1=C(C)CC(c2ccccc2[N+](=O)[O-])C(C(=O)O)C1. The van der Waals surface area contributed by atoms with E-state index in [2.05, 4.69) is 0 Å². The van der Waals surface area contributed by atoms with E-state index in [9.17, 15) is 20.0 Å². The maximum Gasteiger partial charge on any atom is 0.307 e. The fourth-order valence-corrected chi connectivity index (χ4v) is 2.85. The lowest BCUT2D eigenvalue weighted by Crippen LogP contribution is -2.26. The molecule has 0 amide bonds. The third-order valence-electron chi connectivity index (χ3n) is 4.12. The molecule has 0 radical (unpaired) electrons. The minimum absolute atomic E-state index is 0.0103. The Balaban J connectivity index is 2.50. The number of rotatable bonds is 3. The largest absolute Gasteiger partial charge is 0.481 e. The lowest BCUT2D eigenvalue weighted by molar-refractivity contribution is -0.385. The molecule has 0 aliphatic heterocycles. The molecule has 1 aromatic carbocycles. The van der Waals surface area contributed by atoms with Crippen LogP contribution in [0.4, 0.5) is 5.69 Å². The predicted octanol–water partition coefficient (Wildman–Crippen LogP) is 3.51. The molecule has 2 unspecified atom stereocenters. The number of benzene rings is 1. The minimum atomic E-state index is -0.889. The molecule has 0 spiro atoms. The van der Waals surface area contributed by atoms with Crippen molar-refractivity contribution in [2.24, 2.45) is 5.92 Å². The zero-order chi connectivity index (χ0) is 14.9. The molecule has 5 nitrogen and oxygen atoms in total. The highest BCUT2D eigenvalue weighted by Crippen LogP contribution is 2.43. The van der Waals surface area contributed by atoms with E-state index in [1.165, 1.54) is 6.07 Å². The Kier molecular flexibility index (Phi) is 3.88. The van der Waals surface area contributed by atoms with E-state index in [1.807, 2.05) is 13.8 Å². The standard InChI is InChI=1S/C15H17NO4/c1-9-7-12(13(15(17)18)8-10(9)2)11-5-3-4-6-14(11)16(19)20/h3-6,12-13H,7-8H2,1-2H3,(H,17,18). The summed E-state index contributed by atoms with van der Waals surface area (Å²) in [7, 11) is 0. The van der Waals surface area contributed by atoms with E-state index in [0.29, 0.717) is 18.4 Å². The van der Waals surface area contributed by atoms with Crippen LogP contribution in [0.1, 0.15) is 38.2 Å². The molecule has 0 bridgehead atoms. The number of nitro benzene ring substituents is 1. The minimum Gasteiger partial charge on any atom is -0.481 e. The topological polar surface area (TPSA) is 80.4 Å². The van der Waals surface area contributed by atoms with Gasteiger partial charge in [0.2, 0.25) is 0 Å². The highest BCUT2D eigenvalue weighted by Gasteiger charge is 2.36. The van der Waals surface area contributed by atoms with Gasteiger partial charge < -0.3 is 5.11 Å². The third kappa shape index (κ3) is 2.57. The molecule has 0 fully saturated rings. The fourth-order valence-electron chi connectivity index (χ4n) is 2.85. The van der Waals surface area contributed by atoms with Crippen molar-refractivity contribution in [3.63, 3.8) is 0 Å². The number of hydrogen-bond donors (Lipinski definition) is 1. The molecule has 2 rings (SSSR count). The normalized spacial score (nSPS) is 22.7. The second-order valence-electron chi connectivity index (χ2n) is 5.34. The van der Waals surface area contributed by atoms with Gasteiger partial charge in [0.05, 0.1) is 10.8 Å². The lowest BCUT2D eigenvalue weighted by Gasteiger charge is -2.30. The van der Waals surface area contributed by atoms with Gasteiger partial charge in [-0.3, -0.25) is 14.9 Å². The molecule has 20 heavy (non-hydrogen) atoms. The maximum absolute atomic E-state index is 11.5. The molecular weight excluding hydrogens is 258 g/mol. The predicted molar refractivity (Wildman–Crippen MR) is 74.6 cm³/mol. The van der Waals surface area contributed by atoms with Gasteiger partial charge in [0.25, 0.3) is 5.69 Å². The van der Waals surface area contributed by atoms with E-state index in [1.54, 1.807) is 18.2 Å². The van der Waals surface area contributed by atoms with Crippen molar-refractivity contribution in [1.82, 2.24) is 0 Å². The molecule has 1 aliphatic carbocycles. The van der Waals surface area contributed by atoms with Crippen LogP contribution >= 0.6 is 0 Å². The van der Waals surface area contributed by atoms with Crippen LogP contribution in [0.2, 0.25) is 0 Å². The molecule has 106 valence electrons. The second-order valence-corrected chi connectivity index (χ2v) is 5.34. The number of nitrogens with zero attached hydrogens (tertiary/aromatic N) is 1. The zero-order valence-electron chi connectivity index (χ0n) is 11.5. The maximum atomic E-state index is 11.5. The van der Waals surface area contributed by atoms with Gasteiger partial charge in [0, 0.05) is 17.5 Å². The first kappa shape index (κ1) is 14.2. The van der Waals surface area contributed by atoms with Crippen molar-refractivity contribution in [3.05, 3.63) is 51.1 Å². The third-order valence-corrected chi connectivity index (χ3v) is 4.12. The van der Waals surface area contributed by atoms with E-state index in [-0.39, 0.29) is 11.6 Å². The fraction of sp³-hybridized carbons (Fsp3) is 0.400. The Morgan fingerprint density at radius 1 is 1.25 bits per heavy atom. The molecule has 2 atom stereocenters. The molecule has 0 saturated heterocycles. The Morgan fingerprint density at radius 3 is 2.45 bits per heavy atom. The Bertz CT molecular complexity index is 591. The van der Waals surface area contributed by atoms with Crippen molar-refractivity contribution in [2.45, 2.75) is 32.6 Å². The molecule has 1 aromatic rings. The lowest BCUT2D eigenvalue weighted by atomic mass is 9.73. The number of aliphatic carboxylic acids is 1. The quantitative estimate of drug-likeness (QED) is 0.520. The van der Waals surface area contributed by atoms with Gasteiger partial charge in [-0.15, -0.1) is 0 Å². The van der Waals surface area contributed by atoms with Crippen LogP contribution < -0.4 is 0 Å². The summed E-state index contributed by atoms with van der Waals surface area (Å²) in [5.74, 6) is -1.82. The van der Waals surface area contributed by atoms with Gasteiger partial charge in [-0.1, -0.05) is 29.3 Å². The number of carbonyl (C=O) groups is 1. The molecule has 0 heterocycles. The first-order valence-corrected chi connectivity index (χ1v) is 6.53. The average molecular weight is 275 g/mol. The van der Waals surface area contributed by atoms with Crippen molar-refractivity contribution < 1.29 is 14.8 Å². The van der Waals surface area contributed by atoms with Crippen LogP contribution in [0.3, 0.4) is 0 Å². The van der Waals surface area contributed by atoms with Gasteiger partial charge in [-0.25, -0.2) is 0 Å². The summed E-state index contributed by atoms with van der Waals surface area (Å²) in [6.07, 6.45) is 1.02. The summed E-state index contributed by atoms with van der Waals surface area (Å²) in [5, 5.41) is 20.5. The van der Waals surface area contributed by atoms with Crippen LogP contribution in [-0.4, -0.2) is 16.0 Å². The van der Waals surface area contributed by atoms with E-state index in [0.717, 1.165) is 11.1 Å². The van der Waals surface area contributed by atoms with E-state index in [4.69, 9.17) is 0 Å². The first-order chi connectivity index (χ1) is 9.41. The summed E-state index contributed by atoms with van der Waals surface area (Å²) >= 11 is 0. The van der Waals surface area contributed by atoms with Crippen LogP contribution in [0.15, 0.2) is 35.4 Å². The second kappa shape index (κ2) is 5.45. The highest BCUT2D eigenvalue weighted by atomic mass is 16.6. The molecule has 5 heteroatoms. The Hall–Kier alpha value is -2.17. The smallest absolute Gasteiger partial charge is 0.307 e. The number of para-hydroxylation sites is 1. The summed E-state index contributed by atoms with van der Waals surface area (Å²) in [6.45, 7) is 3.90. The van der Waals surface area contributed by atoms with Crippen LogP contribution in [-0.2, 0) is 4.79 Å². The van der Waals surface area contributed by atoms with Gasteiger partial charge in [-0.2, -0.15) is 0 Å². The van der Waals surface area contributed by atoms with Gasteiger partial charge >= 0.3 is 5.97 Å². The van der Waals surface area contributed by atoms with Crippen molar-refractivity contribution >= 4 is 11.7 Å². The average Bonchev–Trinajstić information content (AvgIpc) is 2.41. The molecular formula is C15H17NO4. The van der Waals surface area contributed by atoms with Gasteiger partial charge in [-0.05, 0) is 26.7 Å². The number of nitro groups is 1. The van der Waals surface area contributed by atoms with Gasteiger partial charge in [0.1, 0.15) is 0 Å². The van der Waals surface area contributed by atoms with Crippen molar-refractivity contribution in [1.29, 1.82) is 0 Å². The zero-order valence-corrected chi connectivity index (χ0v) is 11.5. The molecule has 0 saturated carbocycles. The molecule has 1 N–H and O–H groups in total. The van der Waals surface area contributed by atoms with Gasteiger partial charge in [0.15, 0.2) is 0 Å². The summed E-state index contributed by atoms with van der Waals surface area (Å²) in [5.41, 5.74) is 2.74. The summed E-state index contributed by atoms with van der Waals surface area (Å²) in [6, 6.07) is 6.44. The van der Waals surface area contributed by atoms with Crippen LogP contribution in [0.25, 0.3) is 0 Å². The monoisotopic (exact) mass is 275 g/mol. The summed E-state index contributed by atoms with van der Waals surface area (Å²) < 4.78 is 0. The van der Waals surface area contributed by atoms with Crippen molar-refractivity contribution in [2.75, 3.05) is 0 Å². The first-order valence-electron chi connectivity index (χ1n) is 6.53. The van der Waals surface area contributed by atoms with Crippen molar-refractivity contribution in [3.8, 4) is 0 Å². The van der Waals surface area contributed by atoms with Crippen LogP contribution in [0.5, 0.6) is 0 Å².